The molecule has 1 amide bonds. The lowest BCUT2D eigenvalue weighted by atomic mass is 10.3. The van der Waals surface area contributed by atoms with Gasteiger partial charge >= 0.3 is 0 Å². The van der Waals surface area contributed by atoms with Crippen molar-refractivity contribution in [1.29, 1.82) is 0 Å². The van der Waals surface area contributed by atoms with Gasteiger partial charge in [0.25, 0.3) is 5.91 Å². The zero-order chi connectivity index (χ0) is 10.4. The van der Waals surface area contributed by atoms with Gasteiger partial charge in [0.05, 0.1) is 0 Å². The Bertz CT molecular complexity index is 272. The van der Waals surface area contributed by atoms with E-state index in [1.165, 1.54) is 11.3 Å². The first kappa shape index (κ1) is 11.2. The number of hydrogen-bond acceptors (Lipinski definition) is 3. The molecule has 4 heteroatoms. The van der Waals surface area contributed by atoms with E-state index in [0.717, 1.165) is 12.1 Å². The zero-order valence-corrected chi connectivity index (χ0v) is 9.36. The molecule has 0 bridgehead atoms. The maximum Gasteiger partial charge on any atom is 0.252 e. The van der Waals surface area contributed by atoms with Crippen LogP contribution in [0.25, 0.3) is 0 Å². The highest BCUT2D eigenvalue weighted by Gasteiger charge is 2.06. The molecule has 0 aliphatic carbocycles. The topological polar surface area (TPSA) is 41.1 Å². The maximum atomic E-state index is 11.5. The highest BCUT2D eigenvalue weighted by molar-refractivity contribution is 7.08. The SMILES string of the molecule is CCN[C@H](C)CNC(=O)c1ccsc1. The van der Waals surface area contributed by atoms with Crippen molar-refractivity contribution in [2.24, 2.45) is 0 Å². The van der Waals surface area contributed by atoms with Gasteiger partial charge in [-0.3, -0.25) is 4.79 Å². The standard InChI is InChI=1S/C10H16N2OS/c1-3-11-8(2)6-12-10(13)9-4-5-14-7-9/h4-5,7-8,11H,3,6H2,1-2H3,(H,12,13)/t8-/m1/s1. The van der Waals surface area contributed by atoms with E-state index in [0.29, 0.717) is 12.6 Å². The molecular weight excluding hydrogens is 196 g/mol. The lowest BCUT2D eigenvalue weighted by Gasteiger charge is -2.12. The highest BCUT2D eigenvalue weighted by Crippen LogP contribution is 2.04. The summed E-state index contributed by atoms with van der Waals surface area (Å²) in [6, 6.07) is 2.15. The molecule has 14 heavy (non-hydrogen) atoms. The van der Waals surface area contributed by atoms with Gasteiger partial charge in [0, 0.05) is 23.5 Å². The molecule has 0 saturated heterocycles. The summed E-state index contributed by atoms with van der Waals surface area (Å²) in [6.45, 7) is 5.70. The second-order valence-electron chi connectivity index (χ2n) is 3.18. The lowest BCUT2D eigenvalue weighted by molar-refractivity contribution is 0.0950. The van der Waals surface area contributed by atoms with E-state index in [9.17, 15) is 4.79 Å². The van der Waals surface area contributed by atoms with Crippen LogP contribution < -0.4 is 10.6 Å². The summed E-state index contributed by atoms with van der Waals surface area (Å²) in [6.07, 6.45) is 0. The molecule has 0 radical (unpaired) electrons. The van der Waals surface area contributed by atoms with E-state index in [2.05, 4.69) is 24.5 Å². The van der Waals surface area contributed by atoms with Gasteiger partial charge in [-0.25, -0.2) is 0 Å². The Kier molecular flexibility index (Phi) is 4.62. The van der Waals surface area contributed by atoms with Crippen LogP contribution in [-0.4, -0.2) is 25.0 Å². The molecule has 2 N–H and O–H groups in total. The molecule has 0 spiro atoms. The number of nitrogens with one attached hydrogen (secondary N) is 2. The number of likely N-dealkylation sites (N-methyl/N-ethyl adjacent to an activating group) is 1. The van der Waals surface area contributed by atoms with Crippen LogP contribution in [0, 0.1) is 0 Å². The molecule has 1 aromatic heterocycles. The van der Waals surface area contributed by atoms with Gasteiger partial charge in [-0.1, -0.05) is 6.92 Å². The third kappa shape index (κ3) is 3.47. The average Bonchev–Trinajstić information content (AvgIpc) is 2.67. The molecule has 0 saturated carbocycles. The number of amides is 1. The molecule has 0 fully saturated rings. The molecule has 1 aromatic rings. The predicted octanol–water partition coefficient (Wildman–Crippen LogP) is 1.48. The third-order valence-electron chi connectivity index (χ3n) is 1.90. The molecule has 3 nitrogen and oxygen atoms in total. The summed E-state index contributed by atoms with van der Waals surface area (Å²) in [4.78, 5) is 11.5. The van der Waals surface area contributed by atoms with Crippen molar-refractivity contribution < 1.29 is 4.79 Å². The highest BCUT2D eigenvalue weighted by atomic mass is 32.1. The van der Waals surface area contributed by atoms with Crippen LogP contribution in [0.15, 0.2) is 16.8 Å². The van der Waals surface area contributed by atoms with Gasteiger partial charge in [-0.2, -0.15) is 11.3 Å². The molecule has 0 aliphatic heterocycles. The van der Waals surface area contributed by atoms with Crippen molar-refractivity contribution in [3.63, 3.8) is 0 Å². The predicted molar refractivity (Wildman–Crippen MR) is 59.8 cm³/mol. The number of carbonyl (C=O) groups is 1. The largest absolute Gasteiger partial charge is 0.350 e. The Morgan fingerprint density at radius 3 is 3.00 bits per heavy atom. The van der Waals surface area contributed by atoms with Gasteiger partial charge < -0.3 is 10.6 Å². The van der Waals surface area contributed by atoms with Gasteiger partial charge in [0.1, 0.15) is 0 Å². The van der Waals surface area contributed by atoms with Gasteiger partial charge in [-0.05, 0) is 24.9 Å². The molecule has 1 heterocycles. The smallest absolute Gasteiger partial charge is 0.252 e. The summed E-state index contributed by atoms with van der Waals surface area (Å²) >= 11 is 1.54. The number of rotatable bonds is 5. The van der Waals surface area contributed by atoms with Crippen molar-refractivity contribution in [3.05, 3.63) is 22.4 Å². The minimum Gasteiger partial charge on any atom is -0.350 e. The Labute approximate surface area is 88.5 Å². The first-order valence-corrected chi connectivity index (χ1v) is 5.72. The summed E-state index contributed by atoms with van der Waals surface area (Å²) in [5.41, 5.74) is 0.749. The fourth-order valence-electron chi connectivity index (χ4n) is 1.16. The number of hydrogen-bond donors (Lipinski definition) is 2. The Morgan fingerprint density at radius 1 is 1.64 bits per heavy atom. The van der Waals surface area contributed by atoms with E-state index in [4.69, 9.17) is 0 Å². The van der Waals surface area contributed by atoms with E-state index < -0.39 is 0 Å². The minimum atomic E-state index is 0.0102. The van der Waals surface area contributed by atoms with Crippen molar-refractivity contribution in [2.75, 3.05) is 13.1 Å². The van der Waals surface area contributed by atoms with E-state index in [1.807, 2.05) is 16.8 Å². The Morgan fingerprint density at radius 2 is 2.43 bits per heavy atom. The van der Waals surface area contributed by atoms with Crippen LogP contribution in [0.3, 0.4) is 0 Å². The fourth-order valence-corrected chi connectivity index (χ4v) is 1.80. The molecular formula is C10H16N2OS. The van der Waals surface area contributed by atoms with Crippen LogP contribution in [0.1, 0.15) is 24.2 Å². The Balaban J connectivity index is 2.28. The molecule has 0 unspecified atom stereocenters. The first-order chi connectivity index (χ1) is 6.74. The first-order valence-electron chi connectivity index (χ1n) is 4.77. The third-order valence-corrected chi connectivity index (χ3v) is 2.59. The van der Waals surface area contributed by atoms with E-state index >= 15 is 0 Å². The minimum absolute atomic E-state index is 0.0102. The van der Waals surface area contributed by atoms with Crippen LogP contribution in [0.2, 0.25) is 0 Å². The van der Waals surface area contributed by atoms with Crippen molar-refractivity contribution >= 4 is 17.2 Å². The second-order valence-corrected chi connectivity index (χ2v) is 3.96. The zero-order valence-electron chi connectivity index (χ0n) is 8.54. The van der Waals surface area contributed by atoms with E-state index in [-0.39, 0.29) is 5.91 Å². The molecule has 0 aliphatic rings. The average molecular weight is 212 g/mol. The molecule has 1 rings (SSSR count). The van der Waals surface area contributed by atoms with Crippen molar-refractivity contribution in [1.82, 2.24) is 10.6 Å². The van der Waals surface area contributed by atoms with Crippen LogP contribution in [-0.2, 0) is 0 Å². The second kappa shape index (κ2) is 5.78. The normalized spacial score (nSPS) is 12.4. The monoisotopic (exact) mass is 212 g/mol. The molecule has 0 aromatic carbocycles. The van der Waals surface area contributed by atoms with E-state index in [1.54, 1.807) is 0 Å². The van der Waals surface area contributed by atoms with Crippen LogP contribution >= 0.6 is 11.3 Å². The summed E-state index contributed by atoms with van der Waals surface area (Å²) in [5, 5.41) is 9.87. The number of carbonyl (C=O) groups excluding carboxylic acids is 1. The van der Waals surface area contributed by atoms with Crippen molar-refractivity contribution in [3.8, 4) is 0 Å². The summed E-state index contributed by atoms with van der Waals surface area (Å²) in [5.74, 6) is 0.0102. The summed E-state index contributed by atoms with van der Waals surface area (Å²) < 4.78 is 0. The van der Waals surface area contributed by atoms with Crippen LogP contribution in [0.5, 0.6) is 0 Å². The van der Waals surface area contributed by atoms with Gasteiger partial charge in [0.15, 0.2) is 0 Å². The number of thiophene rings is 1. The molecule has 78 valence electrons. The maximum absolute atomic E-state index is 11.5. The van der Waals surface area contributed by atoms with Crippen LogP contribution in [0.4, 0.5) is 0 Å². The van der Waals surface area contributed by atoms with Gasteiger partial charge in [0.2, 0.25) is 0 Å². The Hall–Kier alpha value is -0.870. The molecule has 1 atom stereocenters. The summed E-state index contributed by atoms with van der Waals surface area (Å²) in [7, 11) is 0. The quantitative estimate of drug-likeness (QED) is 0.776. The van der Waals surface area contributed by atoms with Crippen molar-refractivity contribution in [2.45, 2.75) is 19.9 Å². The lowest BCUT2D eigenvalue weighted by Crippen LogP contribution is -2.38. The fraction of sp³-hybridized carbons (Fsp3) is 0.500. The van der Waals surface area contributed by atoms with Gasteiger partial charge in [-0.15, -0.1) is 0 Å².